The zero-order valence-electron chi connectivity index (χ0n) is 14.8. The van der Waals surface area contributed by atoms with Crippen molar-refractivity contribution in [3.05, 3.63) is 30.3 Å². The number of amides is 1. The van der Waals surface area contributed by atoms with Crippen molar-refractivity contribution in [3.8, 4) is 0 Å². The van der Waals surface area contributed by atoms with E-state index in [9.17, 15) is 4.79 Å². The summed E-state index contributed by atoms with van der Waals surface area (Å²) < 4.78 is 0. The summed E-state index contributed by atoms with van der Waals surface area (Å²) in [5.41, 5.74) is 1.23. The van der Waals surface area contributed by atoms with Crippen LogP contribution in [0.3, 0.4) is 0 Å². The topological polar surface area (TPSA) is 60.0 Å². The van der Waals surface area contributed by atoms with E-state index in [1.807, 2.05) is 11.0 Å². The highest BCUT2D eigenvalue weighted by molar-refractivity contribution is 14.0. The Kier molecular flexibility index (Phi) is 7.80. The van der Waals surface area contributed by atoms with Crippen molar-refractivity contribution in [2.75, 3.05) is 51.2 Å². The lowest BCUT2D eigenvalue weighted by molar-refractivity contribution is -0.130. The second-order valence-electron chi connectivity index (χ2n) is 6.45. The third-order valence-electron chi connectivity index (χ3n) is 4.64. The van der Waals surface area contributed by atoms with Gasteiger partial charge in [0.1, 0.15) is 0 Å². The fraction of sp³-hybridized carbons (Fsp3) is 0.556. The molecular weight excluding hydrogens is 429 g/mol. The van der Waals surface area contributed by atoms with Gasteiger partial charge in [-0.3, -0.25) is 9.79 Å². The first kappa shape index (κ1) is 19.8. The molecule has 2 N–H and O–H groups in total. The van der Waals surface area contributed by atoms with Crippen LogP contribution in [0, 0.1) is 5.92 Å². The third kappa shape index (κ3) is 6.05. The molecule has 1 aromatic rings. The highest BCUT2D eigenvalue weighted by atomic mass is 127. The molecule has 2 aliphatic rings. The monoisotopic (exact) mass is 457 g/mol. The van der Waals surface area contributed by atoms with Gasteiger partial charge in [0, 0.05) is 45.5 Å². The minimum absolute atomic E-state index is 0. The molecule has 0 bridgehead atoms. The number of nitrogens with zero attached hydrogens (tertiary/aromatic N) is 3. The molecule has 1 heterocycles. The number of anilines is 1. The maximum atomic E-state index is 12.4. The number of hydrogen-bond acceptors (Lipinski definition) is 3. The van der Waals surface area contributed by atoms with Gasteiger partial charge in [0.05, 0.1) is 6.54 Å². The molecule has 0 radical (unpaired) electrons. The molecule has 1 amide bonds. The summed E-state index contributed by atoms with van der Waals surface area (Å²) in [7, 11) is 1.74. The van der Waals surface area contributed by atoms with Gasteiger partial charge in [-0.1, -0.05) is 18.2 Å². The molecule has 0 spiro atoms. The minimum Gasteiger partial charge on any atom is -0.368 e. The molecule has 1 aliphatic carbocycles. The lowest BCUT2D eigenvalue weighted by atomic mass is 10.2. The van der Waals surface area contributed by atoms with Crippen molar-refractivity contribution in [2.24, 2.45) is 10.9 Å². The normalized spacial score (nSPS) is 17.7. The van der Waals surface area contributed by atoms with Crippen molar-refractivity contribution in [2.45, 2.75) is 12.8 Å². The van der Waals surface area contributed by atoms with Crippen LogP contribution in [-0.4, -0.2) is 63.1 Å². The maximum Gasteiger partial charge on any atom is 0.242 e. The number of piperazine rings is 1. The summed E-state index contributed by atoms with van der Waals surface area (Å²) in [5.74, 6) is 1.64. The summed E-state index contributed by atoms with van der Waals surface area (Å²) >= 11 is 0. The maximum absolute atomic E-state index is 12.4. The van der Waals surface area contributed by atoms with Crippen molar-refractivity contribution in [1.82, 2.24) is 15.5 Å². The summed E-state index contributed by atoms with van der Waals surface area (Å²) in [6.07, 6.45) is 2.60. The Balaban J connectivity index is 0.00000225. The van der Waals surface area contributed by atoms with E-state index in [0.717, 1.165) is 44.6 Å². The average Bonchev–Trinajstić information content (AvgIpc) is 3.47. The first-order valence-corrected chi connectivity index (χ1v) is 8.78. The molecule has 6 nitrogen and oxygen atoms in total. The third-order valence-corrected chi connectivity index (χ3v) is 4.64. The summed E-state index contributed by atoms with van der Waals surface area (Å²) in [5, 5.41) is 6.40. The van der Waals surface area contributed by atoms with Gasteiger partial charge in [0.25, 0.3) is 0 Å². The molecule has 1 aliphatic heterocycles. The van der Waals surface area contributed by atoms with Gasteiger partial charge in [-0.05, 0) is 30.9 Å². The van der Waals surface area contributed by atoms with E-state index in [4.69, 9.17) is 0 Å². The lowest BCUT2D eigenvalue weighted by Crippen LogP contribution is -2.52. The standard InChI is InChI=1S/C18H27N5O.HI/c1-19-18(20-13-15-7-8-15)21-14-17(24)23-11-9-22(10-12-23)16-5-3-2-4-6-16;/h2-6,15H,7-14H2,1H3,(H2,19,20,21);1H. The highest BCUT2D eigenvalue weighted by Gasteiger charge is 2.22. The minimum atomic E-state index is 0. The first-order valence-electron chi connectivity index (χ1n) is 8.78. The molecule has 1 saturated heterocycles. The zero-order valence-corrected chi connectivity index (χ0v) is 17.1. The van der Waals surface area contributed by atoms with Crippen LogP contribution in [-0.2, 0) is 4.79 Å². The van der Waals surface area contributed by atoms with E-state index in [2.05, 4.69) is 44.8 Å². The number of nitrogens with one attached hydrogen (secondary N) is 2. The predicted octanol–water partition coefficient (Wildman–Crippen LogP) is 1.53. The fourth-order valence-electron chi connectivity index (χ4n) is 2.91. The molecule has 2 fully saturated rings. The van der Waals surface area contributed by atoms with Crippen LogP contribution >= 0.6 is 24.0 Å². The highest BCUT2D eigenvalue weighted by Crippen LogP contribution is 2.27. The van der Waals surface area contributed by atoms with Crippen molar-refractivity contribution in [3.63, 3.8) is 0 Å². The smallest absolute Gasteiger partial charge is 0.242 e. The largest absolute Gasteiger partial charge is 0.368 e. The fourth-order valence-corrected chi connectivity index (χ4v) is 2.91. The van der Waals surface area contributed by atoms with Gasteiger partial charge >= 0.3 is 0 Å². The summed E-state index contributed by atoms with van der Waals surface area (Å²) in [6.45, 7) is 4.54. The van der Waals surface area contributed by atoms with Gasteiger partial charge in [-0.2, -0.15) is 0 Å². The molecule has 1 saturated carbocycles. The van der Waals surface area contributed by atoms with Crippen LogP contribution in [0.2, 0.25) is 0 Å². The Morgan fingerprint density at radius 3 is 2.40 bits per heavy atom. The molecule has 7 heteroatoms. The van der Waals surface area contributed by atoms with Gasteiger partial charge in [0.15, 0.2) is 5.96 Å². The number of aliphatic imine (C=N–C) groups is 1. The van der Waals surface area contributed by atoms with Crippen LogP contribution in [0.1, 0.15) is 12.8 Å². The number of guanidine groups is 1. The van der Waals surface area contributed by atoms with Crippen LogP contribution in [0.5, 0.6) is 0 Å². The van der Waals surface area contributed by atoms with Crippen molar-refractivity contribution < 1.29 is 4.79 Å². The Labute approximate surface area is 167 Å². The number of para-hydroxylation sites is 1. The first-order chi connectivity index (χ1) is 11.8. The molecule has 3 rings (SSSR count). The number of carbonyl (C=O) groups is 1. The van der Waals surface area contributed by atoms with E-state index in [1.165, 1.54) is 18.5 Å². The quantitative estimate of drug-likeness (QED) is 0.400. The number of halogens is 1. The molecular formula is C18H28IN5O. The summed E-state index contributed by atoms with van der Waals surface area (Å²) in [4.78, 5) is 20.8. The van der Waals surface area contributed by atoms with E-state index < -0.39 is 0 Å². The van der Waals surface area contributed by atoms with Crippen molar-refractivity contribution >= 4 is 41.5 Å². The van der Waals surface area contributed by atoms with Crippen LogP contribution in [0.25, 0.3) is 0 Å². The molecule has 25 heavy (non-hydrogen) atoms. The van der Waals surface area contributed by atoms with Crippen LogP contribution in [0.15, 0.2) is 35.3 Å². The van der Waals surface area contributed by atoms with E-state index >= 15 is 0 Å². The van der Waals surface area contributed by atoms with E-state index in [-0.39, 0.29) is 29.9 Å². The Bertz CT molecular complexity index is 568. The number of carbonyl (C=O) groups excluding carboxylic acids is 1. The Morgan fingerprint density at radius 1 is 1.12 bits per heavy atom. The van der Waals surface area contributed by atoms with E-state index in [1.54, 1.807) is 7.05 Å². The summed E-state index contributed by atoms with van der Waals surface area (Å²) in [6, 6.07) is 10.4. The molecule has 0 atom stereocenters. The second kappa shape index (κ2) is 9.84. The molecule has 0 unspecified atom stereocenters. The molecule has 138 valence electrons. The zero-order chi connectivity index (χ0) is 16.8. The molecule has 1 aromatic carbocycles. The molecule has 0 aromatic heterocycles. The SMILES string of the molecule is CN=C(NCC(=O)N1CCN(c2ccccc2)CC1)NCC1CC1.I. The van der Waals surface area contributed by atoms with Crippen molar-refractivity contribution in [1.29, 1.82) is 0 Å². The second-order valence-corrected chi connectivity index (χ2v) is 6.45. The van der Waals surface area contributed by atoms with Gasteiger partial charge in [0.2, 0.25) is 5.91 Å². The van der Waals surface area contributed by atoms with Crippen LogP contribution in [0.4, 0.5) is 5.69 Å². The average molecular weight is 457 g/mol. The van der Waals surface area contributed by atoms with Crippen LogP contribution < -0.4 is 15.5 Å². The van der Waals surface area contributed by atoms with E-state index in [0.29, 0.717) is 6.54 Å². The number of rotatable bonds is 5. The Hall–Kier alpha value is -1.51. The van der Waals surface area contributed by atoms with Gasteiger partial charge in [-0.15, -0.1) is 24.0 Å². The Morgan fingerprint density at radius 2 is 1.80 bits per heavy atom. The lowest BCUT2D eigenvalue weighted by Gasteiger charge is -2.36. The van der Waals surface area contributed by atoms with Gasteiger partial charge < -0.3 is 20.4 Å². The predicted molar refractivity (Wildman–Crippen MR) is 113 cm³/mol. The number of benzene rings is 1. The number of hydrogen-bond donors (Lipinski definition) is 2. The van der Waals surface area contributed by atoms with Gasteiger partial charge in [-0.25, -0.2) is 0 Å².